The Balaban J connectivity index is 1.70. The van der Waals surface area contributed by atoms with Crippen molar-refractivity contribution in [3.8, 4) is 5.75 Å². The summed E-state index contributed by atoms with van der Waals surface area (Å²) in [6.45, 7) is 2.50. The monoisotopic (exact) mass is 466 g/mol. The van der Waals surface area contributed by atoms with Gasteiger partial charge in [-0.25, -0.2) is 8.78 Å². The molecule has 0 radical (unpaired) electrons. The van der Waals surface area contributed by atoms with Gasteiger partial charge in [-0.05, 0) is 47.3 Å². The average molecular weight is 467 g/mol. The molecule has 33 heavy (non-hydrogen) atoms. The minimum absolute atomic E-state index is 0.0315. The second-order valence-corrected chi connectivity index (χ2v) is 8.83. The molecule has 2 aliphatic heterocycles. The molecule has 0 spiro atoms. The second-order valence-electron chi connectivity index (χ2n) is 7.85. The Kier molecular flexibility index (Phi) is 6.35. The number of methoxy groups -OCH3 is 1. The first-order valence-electron chi connectivity index (χ1n) is 10.8. The van der Waals surface area contributed by atoms with Crippen LogP contribution in [0.25, 0.3) is 10.5 Å². The Morgan fingerprint density at radius 1 is 0.848 bits per heavy atom. The van der Waals surface area contributed by atoms with Crippen molar-refractivity contribution in [1.29, 1.82) is 0 Å². The topological polar surface area (TPSA) is 24.9 Å². The number of nitrogens with zero attached hydrogens (tertiary/aromatic N) is 2. The van der Waals surface area contributed by atoms with Crippen LogP contribution in [0.1, 0.15) is 11.1 Å². The summed E-state index contributed by atoms with van der Waals surface area (Å²) in [5.74, 6) is -0.404. The number of morpholine rings is 1. The lowest BCUT2D eigenvalue weighted by atomic mass is 9.98. The van der Waals surface area contributed by atoms with E-state index in [1.165, 1.54) is 30.1 Å². The average Bonchev–Trinajstić information content (AvgIpc) is 3.25. The molecule has 1 unspecified atom stereocenters. The van der Waals surface area contributed by atoms with Gasteiger partial charge in [0.15, 0.2) is 0 Å². The van der Waals surface area contributed by atoms with Gasteiger partial charge in [-0.3, -0.25) is 9.21 Å². The van der Waals surface area contributed by atoms with E-state index in [1.54, 1.807) is 11.4 Å². The number of rotatable bonds is 5. The van der Waals surface area contributed by atoms with Crippen molar-refractivity contribution in [2.24, 2.45) is 0 Å². The highest BCUT2D eigenvalue weighted by atomic mass is 32.2. The third-order valence-corrected chi connectivity index (χ3v) is 7.12. The third-order valence-electron chi connectivity index (χ3n) is 5.90. The zero-order valence-electron chi connectivity index (χ0n) is 18.2. The highest BCUT2D eigenvalue weighted by molar-refractivity contribution is 8.10. The summed E-state index contributed by atoms with van der Waals surface area (Å²) in [5, 5.41) is 0. The van der Waals surface area contributed by atoms with Crippen molar-refractivity contribution in [3.05, 3.63) is 95.6 Å². The minimum Gasteiger partial charge on any atom is -0.497 e. The Bertz CT molecular complexity index is 1130. The zero-order chi connectivity index (χ0) is 22.8. The number of hydrogen-bond acceptors (Lipinski definition) is 5. The molecule has 0 N–H and O–H groups in total. The van der Waals surface area contributed by atoms with Crippen LogP contribution in [0.5, 0.6) is 5.75 Å². The first-order valence-corrected chi connectivity index (χ1v) is 11.6. The van der Waals surface area contributed by atoms with E-state index in [9.17, 15) is 0 Å². The molecule has 0 bridgehead atoms. The van der Waals surface area contributed by atoms with Crippen molar-refractivity contribution in [1.82, 2.24) is 4.90 Å². The van der Waals surface area contributed by atoms with Crippen LogP contribution in [0, 0.1) is 11.6 Å². The summed E-state index contributed by atoms with van der Waals surface area (Å²) < 4.78 is 42.7. The fourth-order valence-electron chi connectivity index (χ4n) is 4.30. The fraction of sp³-hybridized carbons (Fsp3) is 0.231. The summed E-state index contributed by atoms with van der Waals surface area (Å²) in [6, 6.07) is 21.8. The van der Waals surface area contributed by atoms with E-state index in [4.69, 9.17) is 9.47 Å². The molecular weight excluding hydrogens is 442 g/mol. The Labute approximate surface area is 196 Å². The molecule has 1 fully saturated rings. The van der Waals surface area contributed by atoms with Gasteiger partial charge in [0, 0.05) is 23.6 Å². The Morgan fingerprint density at radius 3 is 2.15 bits per heavy atom. The van der Waals surface area contributed by atoms with Gasteiger partial charge in [0.2, 0.25) is 0 Å². The van der Waals surface area contributed by atoms with E-state index >= 15 is 8.78 Å². The maximum absolute atomic E-state index is 15.0. The van der Waals surface area contributed by atoms with Crippen molar-refractivity contribution < 1.29 is 18.3 Å². The highest BCUT2D eigenvalue weighted by Gasteiger charge is 2.41. The molecule has 1 atom stereocenters. The van der Waals surface area contributed by atoms with Crippen molar-refractivity contribution >= 4 is 28.1 Å². The van der Waals surface area contributed by atoms with E-state index in [1.807, 2.05) is 54.6 Å². The van der Waals surface area contributed by atoms with Crippen LogP contribution in [0.15, 0.2) is 72.8 Å². The molecule has 3 aromatic carbocycles. The molecule has 2 aliphatic rings. The molecule has 0 saturated carbocycles. The van der Waals surface area contributed by atoms with Crippen LogP contribution in [-0.2, 0) is 4.74 Å². The normalized spacial score (nSPS) is 19.2. The fourth-order valence-corrected chi connectivity index (χ4v) is 5.66. The van der Waals surface area contributed by atoms with Gasteiger partial charge in [0.1, 0.15) is 29.2 Å². The van der Waals surface area contributed by atoms with Crippen LogP contribution in [0.2, 0.25) is 0 Å². The molecule has 0 aliphatic carbocycles. The number of ether oxygens (including phenoxy) is 2. The van der Waals surface area contributed by atoms with Crippen LogP contribution in [0.3, 0.4) is 0 Å². The molecule has 5 rings (SSSR count). The van der Waals surface area contributed by atoms with Gasteiger partial charge in [-0.15, -0.1) is 0 Å². The maximum atomic E-state index is 15.0. The van der Waals surface area contributed by atoms with Crippen molar-refractivity contribution in [3.63, 3.8) is 0 Å². The zero-order valence-corrected chi connectivity index (χ0v) is 19.0. The number of para-hydroxylation sites is 1. The molecular formula is C26H24F2N2O2S. The van der Waals surface area contributed by atoms with Crippen LogP contribution < -0.4 is 9.04 Å². The first kappa shape index (κ1) is 21.9. The summed E-state index contributed by atoms with van der Waals surface area (Å²) in [4.78, 5) is 3.20. The van der Waals surface area contributed by atoms with E-state index in [0.717, 1.165) is 27.4 Å². The van der Waals surface area contributed by atoms with Gasteiger partial charge in [-0.2, -0.15) is 0 Å². The van der Waals surface area contributed by atoms with E-state index in [-0.39, 0.29) is 11.9 Å². The van der Waals surface area contributed by atoms with Crippen LogP contribution >= 0.6 is 11.9 Å². The van der Waals surface area contributed by atoms with Crippen molar-refractivity contribution in [2.45, 2.75) is 6.17 Å². The summed E-state index contributed by atoms with van der Waals surface area (Å²) in [5.41, 5.74) is 2.98. The molecule has 1 saturated heterocycles. The third kappa shape index (κ3) is 4.24. The Hall–Kier alpha value is -2.87. The summed E-state index contributed by atoms with van der Waals surface area (Å²) in [6.07, 6.45) is -0.357. The minimum atomic E-state index is -0.579. The molecule has 2 heterocycles. The number of hydrogen-bond donors (Lipinski definition) is 0. The SMILES string of the molecule is COc1ccc(C2=C(c3ccccc3)C(N3CCOCC3)N(c3c(F)cccc3F)S2)cc1. The summed E-state index contributed by atoms with van der Waals surface area (Å²) >= 11 is 1.37. The number of halogens is 2. The van der Waals surface area contributed by atoms with E-state index in [2.05, 4.69) is 4.90 Å². The predicted molar refractivity (Wildman–Crippen MR) is 129 cm³/mol. The van der Waals surface area contributed by atoms with Gasteiger partial charge in [-0.1, -0.05) is 48.5 Å². The van der Waals surface area contributed by atoms with E-state index < -0.39 is 11.6 Å². The molecule has 0 aromatic heterocycles. The second kappa shape index (κ2) is 9.55. The van der Waals surface area contributed by atoms with Crippen LogP contribution in [-0.4, -0.2) is 44.5 Å². The largest absolute Gasteiger partial charge is 0.497 e. The van der Waals surface area contributed by atoms with Gasteiger partial charge >= 0.3 is 0 Å². The molecule has 7 heteroatoms. The van der Waals surface area contributed by atoms with E-state index in [0.29, 0.717) is 26.3 Å². The highest BCUT2D eigenvalue weighted by Crippen LogP contribution is 2.52. The molecule has 4 nitrogen and oxygen atoms in total. The van der Waals surface area contributed by atoms with Gasteiger partial charge in [0.05, 0.1) is 20.3 Å². The van der Waals surface area contributed by atoms with Gasteiger partial charge in [0.25, 0.3) is 0 Å². The van der Waals surface area contributed by atoms with Crippen LogP contribution in [0.4, 0.5) is 14.5 Å². The smallest absolute Gasteiger partial charge is 0.150 e. The lowest BCUT2D eigenvalue weighted by molar-refractivity contribution is 0.0298. The van der Waals surface area contributed by atoms with Gasteiger partial charge < -0.3 is 9.47 Å². The number of anilines is 1. The molecule has 3 aromatic rings. The maximum Gasteiger partial charge on any atom is 0.150 e. The lowest BCUT2D eigenvalue weighted by Gasteiger charge is -2.39. The quantitative estimate of drug-likeness (QED) is 0.452. The predicted octanol–water partition coefficient (Wildman–Crippen LogP) is 5.67. The van der Waals surface area contributed by atoms with Crippen molar-refractivity contribution in [2.75, 3.05) is 37.7 Å². The summed E-state index contributed by atoms with van der Waals surface area (Å²) in [7, 11) is 1.63. The Morgan fingerprint density at radius 2 is 1.52 bits per heavy atom. The lowest BCUT2D eigenvalue weighted by Crippen LogP contribution is -2.49. The standard InChI is InChI=1S/C26H24F2N2O2S/c1-31-20-12-10-19(11-13-20)25-23(18-6-3-2-4-7-18)26(29-14-16-32-17-15-29)30(33-25)24-21(27)8-5-9-22(24)28/h2-13,26H,14-17H2,1H3. The first-order chi connectivity index (χ1) is 16.2. The number of benzene rings is 3. The molecule has 170 valence electrons. The molecule has 0 amide bonds.